The van der Waals surface area contributed by atoms with E-state index in [1.54, 1.807) is 19.1 Å². The Morgan fingerprint density at radius 2 is 2.05 bits per heavy atom. The molecule has 0 bridgehead atoms. The van der Waals surface area contributed by atoms with Gasteiger partial charge in [-0.25, -0.2) is 4.39 Å². The maximum atomic E-state index is 13.8. The lowest BCUT2D eigenvalue weighted by Gasteiger charge is -2.15. The van der Waals surface area contributed by atoms with Crippen LogP contribution in [-0.2, 0) is 4.74 Å². The average Bonchev–Trinajstić information content (AvgIpc) is 3.17. The molecule has 110 valence electrons. The Morgan fingerprint density at radius 1 is 1.25 bits per heavy atom. The minimum Gasteiger partial charge on any atom is -0.488 e. The highest BCUT2D eigenvalue weighted by Gasteiger charge is 2.28. The van der Waals surface area contributed by atoms with Crippen LogP contribution in [0, 0.1) is 12.7 Å². The van der Waals surface area contributed by atoms with Crippen molar-refractivity contribution in [2.75, 3.05) is 13.2 Å². The first-order valence-corrected chi connectivity index (χ1v) is 7.49. The Kier molecular flexibility index (Phi) is 4.22. The molecule has 20 heavy (non-hydrogen) atoms. The van der Waals surface area contributed by atoms with Gasteiger partial charge in [0.2, 0.25) is 0 Å². The smallest absolute Gasteiger partial charge is 0.167 e. The van der Waals surface area contributed by atoms with Crippen LogP contribution in [0.2, 0.25) is 0 Å². The molecule has 0 radical (unpaired) electrons. The van der Waals surface area contributed by atoms with Gasteiger partial charge < -0.3 is 14.8 Å². The highest BCUT2D eigenvalue weighted by Crippen LogP contribution is 2.24. The van der Waals surface area contributed by atoms with Gasteiger partial charge in [-0.3, -0.25) is 0 Å². The highest BCUT2D eigenvalue weighted by atomic mass is 19.1. The molecule has 2 aliphatic rings. The Labute approximate surface area is 119 Å². The molecular weight excluding hydrogens is 257 g/mol. The first-order chi connectivity index (χ1) is 9.72. The third-order valence-corrected chi connectivity index (χ3v) is 3.99. The van der Waals surface area contributed by atoms with Crippen molar-refractivity contribution in [1.29, 1.82) is 0 Å². The van der Waals surface area contributed by atoms with E-state index in [1.165, 1.54) is 12.8 Å². The van der Waals surface area contributed by atoms with Gasteiger partial charge in [0.1, 0.15) is 6.61 Å². The molecule has 1 saturated heterocycles. The van der Waals surface area contributed by atoms with Gasteiger partial charge in [0.05, 0.1) is 12.2 Å². The molecule has 2 unspecified atom stereocenters. The summed E-state index contributed by atoms with van der Waals surface area (Å²) in [4.78, 5) is 0. The van der Waals surface area contributed by atoms with E-state index < -0.39 is 0 Å². The molecule has 1 saturated carbocycles. The largest absolute Gasteiger partial charge is 0.488 e. The standard InChI is InChI=1S/C16H22FNO2/c1-11-3-2-4-15(16(11)17)19-10-14-8-7-13(20-14)9-18-12-5-6-12/h2-4,12-14,18H,5-10H2,1H3. The molecule has 2 atom stereocenters. The van der Waals surface area contributed by atoms with Gasteiger partial charge >= 0.3 is 0 Å². The third kappa shape index (κ3) is 3.49. The summed E-state index contributed by atoms with van der Waals surface area (Å²) in [7, 11) is 0. The fourth-order valence-electron chi connectivity index (χ4n) is 2.55. The van der Waals surface area contributed by atoms with Crippen LogP contribution in [0.25, 0.3) is 0 Å². The minimum absolute atomic E-state index is 0.0842. The Balaban J connectivity index is 1.43. The van der Waals surface area contributed by atoms with Crippen molar-refractivity contribution in [3.05, 3.63) is 29.6 Å². The predicted molar refractivity (Wildman–Crippen MR) is 75.6 cm³/mol. The van der Waals surface area contributed by atoms with Crippen molar-refractivity contribution in [3.63, 3.8) is 0 Å². The number of hydrogen-bond acceptors (Lipinski definition) is 3. The summed E-state index contributed by atoms with van der Waals surface area (Å²) in [5.74, 6) is 0.0607. The van der Waals surface area contributed by atoms with Gasteiger partial charge in [-0.05, 0) is 44.2 Å². The Hall–Kier alpha value is -1.13. The van der Waals surface area contributed by atoms with Gasteiger partial charge in [-0.1, -0.05) is 12.1 Å². The molecule has 3 rings (SSSR count). The Morgan fingerprint density at radius 3 is 2.85 bits per heavy atom. The Bertz CT molecular complexity index is 462. The van der Waals surface area contributed by atoms with Crippen molar-refractivity contribution in [2.45, 2.75) is 50.9 Å². The maximum absolute atomic E-state index is 13.8. The molecule has 1 aromatic rings. The van der Waals surface area contributed by atoms with Crippen LogP contribution >= 0.6 is 0 Å². The second-order valence-electron chi connectivity index (χ2n) is 5.84. The van der Waals surface area contributed by atoms with Crippen LogP contribution in [0.1, 0.15) is 31.2 Å². The van der Waals surface area contributed by atoms with E-state index in [0.717, 1.165) is 25.4 Å². The first kappa shape index (κ1) is 13.8. The van der Waals surface area contributed by atoms with E-state index >= 15 is 0 Å². The van der Waals surface area contributed by atoms with E-state index in [2.05, 4.69) is 5.32 Å². The molecule has 1 aromatic carbocycles. The van der Waals surface area contributed by atoms with Gasteiger partial charge in [0.25, 0.3) is 0 Å². The summed E-state index contributed by atoms with van der Waals surface area (Å²) < 4.78 is 25.3. The SMILES string of the molecule is Cc1cccc(OCC2CCC(CNC3CC3)O2)c1F. The molecular formula is C16H22FNO2. The van der Waals surface area contributed by atoms with Crippen molar-refractivity contribution >= 4 is 0 Å². The van der Waals surface area contributed by atoms with Gasteiger partial charge in [-0.2, -0.15) is 0 Å². The molecule has 1 heterocycles. The van der Waals surface area contributed by atoms with Crippen molar-refractivity contribution in [3.8, 4) is 5.75 Å². The molecule has 0 spiro atoms. The summed E-state index contributed by atoms with van der Waals surface area (Å²) in [5, 5.41) is 3.48. The molecule has 1 aliphatic heterocycles. The van der Waals surface area contributed by atoms with Gasteiger partial charge in [0, 0.05) is 12.6 Å². The molecule has 0 aromatic heterocycles. The van der Waals surface area contributed by atoms with Crippen molar-refractivity contribution in [1.82, 2.24) is 5.32 Å². The first-order valence-electron chi connectivity index (χ1n) is 7.49. The fraction of sp³-hybridized carbons (Fsp3) is 0.625. The summed E-state index contributed by atoms with van der Waals surface area (Å²) in [5.41, 5.74) is 0.612. The van der Waals surface area contributed by atoms with Crippen LogP contribution in [0.15, 0.2) is 18.2 Å². The van der Waals surface area contributed by atoms with E-state index in [9.17, 15) is 4.39 Å². The van der Waals surface area contributed by atoms with Crippen LogP contribution in [0.3, 0.4) is 0 Å². The molecule has 4 heteroatoms. The molecule has 2 fully saturated rings. The fourth-order valence-corrected chi connectivity index (χ4v) is 2.55. The van der Waals surface area contributed by atoms with Gasteiger partial charge in [0.15, 0.2) is 11.6 Å². The highest BCUT2D eigenvalue weighted by molar-refractivity contribution is 5.30. The molecule has 1 aliphatic carbocycles. The minimum atomic E-state index is -0.266. The zero-order chi connectivity index (χ0) is 13.9. The summed E-state index contributed by atoms with van der Waals surface area (Å²) >= 11 is 0. The quantitative estimate of drug-likeness (QED) is 0.868. The lowest BCUT2D eigenvalue weighted by Crippen LogP contribution is -2.29. The van der Waals surface area contributed by atoms with Crippen LogP contribution in [-0.4, -0.2) is 31.4 Å². The predicted octanol–water partition coefficient (Wildman–Crippen LogP) is 2.81. The zero-order valence-electron chi connectivity index (χ0n) is 11.9. The van der Waals surface area contributed by atoms with Crippen molar-refractivity contribution in [2.24, 2.45) is 0 Å². The number of rotatable bonds is 6. The molecule has 3 nitrogen and oxygen atoms in total. The third-order valence-electron chi connectivity index (χ3n) is 3.99. The van der Waals surface area contributed by atoms with Crippen LogP contribution in [0.5, 0.6) is 5.75 Å². The van der Waals surface area contributed by atoms with Gasteiger partial charge in [-0.15, -0.1) is 0 Å². The lowest BCUT2D eigenvalue weighted by molar-refractivity contribution is 0.0176. The summed E-state index contributed by atoms with van der Waals surface area (Å²) in [6.07, 6.45) is 5.01. The molecule has 1 N–H and O–H groups in total. The second-order valence-corrected chi connectivity index (χ2v) is 5.84. The molecule has 0 amide bonds. The number of nitrogens with one attached hydrogen (secondary N) is 1. The number of hydrogen-bond donors (Lipinski definition) is 1. The second kappa shape index (κ2) is 6.10. The normalized spacial score (nSPS) is 25.9. The average molecular weight is 279 g/mol. The van der Waals surface area contributed by atoms with Crippen LogP contribution in [0.4, 0.5) is 4.39 Å². The van der Waals surface area contributed by atoms with Crippen molar-refractivity contribution < 1.29 is 13.9 Å². The lowest BCUT2D eigenvalue weighted by atomic mass is 10.2. The van der Waals surface area contributed by atoms with E-state index in [-0.39, 0.29) is 18.0 Å². The van der Waals surface area contributed by atoms with E-state index in [1.807, 2.05) is 6.07 Å². The monoisotopic (exact) mass is 279 g/mol. The van der Waals surface area contributed by atoms with Crippen LogP contribution < -0.4 is 10.1 Å². The summed E-state index contributed by atoms with van der Waals surface area (Å²) in [6.45, 7) is 3.11. The number of benzene rings is 1. The summed E-state index contributed by atoms with van der Waals surface area (Å²) in [6, 6.07) is 5.94. The topological polar surface area (TPSA) is 30.5 Å². The number of aryl methyl sites for hydroxylation is 1. The van der Waals surface area contributed by atoms with E-state index in [0.29, 0.717) is 17.9 Å². The maximum Gasteiger partial charge on any atom is 0.167 e. The zero-order valence-corrected chi connectivity index (χ0v) is 11.9. The van der Waals surface area contributed by atoms with E-state index in [4.69, 9.17) is 9.47 Å². The number of ether oxygens (including phenoxy) is 2. The number of halogens is 1.